The first-order chi connectivity index (χ1) is 10.8. The molecule has 0 saturated heterocycles. The van der Waals surface area contributed by atoms with E-state index in [0.29, 0.717) is 23.9 Å². The van der Waals surface area contributed by atoms with Gasteiger partial charge < -0.3 is 9.64 Å². The molecule has 5 heteroatoms. The van der Waals surface area contributed by atoms with Crippen molar-refractivity contribution in [2.24, 2.45) is 0 Å². The Hall–Kier alpha value is -2.32. The normalized spacial score (nSPS) is 13.4. The summed E-state index contributed by atoms with van der Waals surface area (Å²) < 4.78 is 5.56. The highest BCUT2D eigenvalue weighted by Crippen LogP contribution is 2.29. The topological polar surface area (TPSA) is 53.3 Å². The smallest absolute Gasteiger partial charge is 0.261 e. The maximum atomic E-state index is 12.4. The Bertz CT molecular complexity index is 687. The van der Waals surface area contributed by atoms with Crippen molar-refractivity contribution in [3.8, 4) is 11.8 Å². The van der Waals surface area contributed by atoms with Crippen molar-refractivity contribution in [1.29, 1.82) is 5.26 Å². The zero-order valence-corrected chi connectivity index (χ0v) is 12.9. The van der Waals surface area contributed by atoms with Gasteiger partial charge in [0.1, 0.15) is 11.8 Å². The molecule has 1 aromatic carbocycles. The second-order valence-corrected chi connectivity index (χ2v) is 6.06. The van der Waals surface area contributed by atoms with E-state index in [-0.39, 0.29) is 12.5 Å². The lowest BCUT2D eigenvalue weighted by atomic mass is 10.2. The summed E-state index contributed by atoms with van der Waals surface area (Å²) in [7, 11) is 0. The third-order valence-electron chi connectivity index (χ3n) is 3.60. The molecule has 0 spiro atoms. The number of rotatable bonds is 6. The van der Waals surface area contributed by atoms with Gasteiger partial charge in [0.05, 0.1) is 5.56 Å². The summed E-state index contributed by atoms with van der Waals surface area (Å²) in [6.45, 7) is 0.607. The van der Waals surface area contributed by atoms with Crippen molar-refractivity contribution >= 4 is 17.2 Å². The molecule has 0 atom stereocenters. The van der Waals surface area contributed by atoms with E-state index in [2.05, 4.69) is 11.4 Å². The van der Waals surface area contributed by atoms with Gasteiger partial charge in [0.15, 0.2) is 6.61 Å². The molecule has 0 aliphatic heterocycles. The summed E-state index contributed by atoms with van der Waals surface area (Å²) in [5, 5.41) is 13.1. The molecule has 1 aliphatic carbocycles. The predicted molar refractivity (Wildman–Crippen MR) is 84.5 cm³/mol. The van der Waals surface area contributed by atoms with Crippen LogP contribution in [0, 0.1) is 11.3 Å². The Morgan fingerprint density at radius 3 is 2.86 bits per heavy atom. The minimum atomic E-state index is -0.0284. The maximum Gasteiger partial charge on any atom is 0.261 e. The zero-order valence-electron chi connectivity index (χ0n) is 12.1. The number of nitriles is 1. The van der Waals surface area contributed by atoms with Crippen LogP contribution in [-0.2, 0) is 11.3 Å². The monoisotopic (exact) mass is 312 g/mol. The fourth-order valence-corrected chi connectivity index (χ4v) is 2.95. The molecule has 1 aromatic heterocycles. The highest BCUT2D eigenvalue weighted by Gasteiger charge is 2.32. The first-order valence-electron chi connectivity index (χ1n) is 7.20. The minimum Gasteiger partial charge on any atom is -0.482 e. The molecule has 112 valence electrons. The number of ether oxygens (including phenoxy) is 1. The van der Waals surface area contributed by atoms with E-state index in [1.807, 2.05) is 16.3 Å². The van der Waals surface area contributed by atoms with Gasteiger partial charge in [-0.2, -0.15) is 16.6 Å². The minimum absolute atomic E-state index is 0.0264. The van der Waals surface area contributed by atoms with Crippen molar-refractivity contribution in [1.82, 2.24) is 4.90 Å². The van der Waals surface area contributed by atoms with E-state index < -0.39 is 0 Å². The van der Waals surface area contributed by atoms with Gasteiger partial charge in [-0.05, 0) is 47.4 Å². The molecular weight excluding hydrogens is 296 g/mol. The second-order valence-electron chi connectivity index (χ2n) is 5.28. The zero-order chi connectivity index (χ0) is 15.4. The maximum absolute atomic E-state index is 12.4. The Labute approximate surface area is 133 Å². The van der Waals surface area contributed by atoms with E-state index >= 15 is 0 Å². The van der Waals surface area contributed by atoms with Gasteiger partial charge in [0.25, 0.3) is 5.91 Å². The fourth-order valence-electron chi connectivity index (χ4n) is 2.29. The first-order valence-corrected chi connectivity index (χ1v) is 8.14. The van der Waals surface area contributed by atoms with Crippen LogP contribution in [0.5, 0.6) is 5.75 Å². The van der Waals surface area contributed by atoms with E-state index in [4.69, 9.17) is 10.00 Å². The number of carbonyl (C=O) groups is 1. The summed E-state index contributed by atoms with van der Waals surface area (Å²) in [6.07, 6.45) is 2.12. The molecule has 2 aromatic rings. The van der Waals surface area contributed by atoms with Crippen LogP contribution in [0.3, 0.4) is 0 Å². The summed E-state index contributed by atoms with van der Waals surface area (Å²) in [5.41, 5.74) is 1.61. The molecule has 1 amide bonds. The average molecular weight is 312 g/mol. The van der Waals surface area contributed by atoms with Gasteiger partial charge >= 0.3 is 0 Å². The SMILES string of the molecule is N#Cc1ccccc1OCC(=O)N(Cc1ccsc1)C1CC1. The van der Waals surface area contributed by atoms with Gasteiger partial charge in [-0.25, -0.2) is 0 Å². The Kier molecular flexibility index (Phi) is 4.40. The molecule has 0 radical (unpaired) electrons. The highest BCUT2D eigenvalue weighted by molar-refractivity contribution is 7.07. The molecule has 0 bridgehead atoms. The van der Waals surface area contributed by atoms with Crippen LogP contribution in [0.25, 0.3) is 0 Å². The van der Waals surface area contributed by atoms with Gasteiger partial charge in [0.2, 0.25) is 0 Å². The highest BCUT2D eigenvalue weighted by atomic mass is 32.1. The van der Waals surface area contributed by atoms with E-state index in [1.165, 1.54) is 0 Å². The van der Waals surface area contributed by atoms with Gasteiger partial charge in [0, 0.05) is 12.6 Å². The van der Waals surface area contributed by atoms with Gasteiger partial charge in [-0.3, -0.25) is 4.79 Å². The average Bonchev–Trinajstić information content (AvgIpc) is 3.26. The first kappa shape index (κ1) is 14.6. The number of thiophene rings is 1. The standard InChI is InChI=1S/C17H16N2O2S/c18-9-14-3-1-2-4-16(14)21-11-17(20)19(15-5-6-15)10-13-7-8-22-12-13/h1-4,7-8,12,15H,5-6,10-11H2. The van der Waals surface area contributed by atoms with Crippen LogP contribution in [0.15, 0.2) is 41.1 Å². The van der Waals surface area contributed by atoms with Crippen LogP contribution < -0.4 is 4.74 Å². The number of amides is 1. The van der Waals surface area contributed by atoms with Gasteiger partial charge in [-0.1, -0.05) is 12.1 Å². The van der Waals surface area contributed by atoms with Crippen molar-refractivity contribution in [3.05, 3.63) is 52.2 Å². The molecule has 1 aliphatic rings. The third kappa shape index (κ3) is 3.46. The lowest BCUT2D eigenvalue weighted by Gasteiger charge is -2.22. The number of nitrogens with zero attached hydrogens (tertiary/aromatic N) is 2. The number of benzene rings is 1. The quantitative estimate of drug-likeness (QED) is 0.823. The fraction of sp³-hybridized carbons (Fsp3) is 0.294. The largest absolute Gasteiger partial charge is 0.482 e. The molecule has 1 fully saturated rings. The van der Waals surface area contributed by atoms with E-state index in [1.54, 1.807) is 35.6 Å². The molecular formula is C17H16N2O2S. The van der Waals surface area contributed by atoms with Crippen LogP contribution in [0.1, 0.15) is 24.0 Å². The lowest BCUT2D eigenvalue weighted by molar-refractivity contribution is -0.134. The summed E-state index contributed by atoms with van der Waals surface area (Å²) in [5.74, 6) is 0.436. The molecule has 22 heavy (non-hydrogen) atoms. The molecule has 3 rings (SSSR count). The molecule has 0 unspecified atom stereocenters. The van der Waals surface area contributed by atoms with Gasteiger partial charge in [-0.15, -0.1) is 0 Å². The number of para-hydroxylation sites is 1. The molecule has 4 nitrogen and oxygen atoms in total. The summed E-state index contributed by atoms with van der Waals surface area (Å²) in [6, 6.07) is 11.4. The Morgan fingerprint density at radius 1 is 1.36 bits per heavy atom. The van der Waals surface area contributed by atoms with Crippen molar-refractivity contribution in [2.75, 3.05) is 6.61 Å². The van der Waals surface area contributed by atoms with Crippen LogP contribution in [0.4, 0.5) is 0 Å². The van der Waals surface area contributed by atoms with Crippen LogP contribution >= 0.6 is 11.3 Å². The summed E-state index contributed by atoms with van der Waals surface area (Å²) in [4.78, 5) is 14.3. The Balaban J connectivity index is 1.63. The lowest BCUT2D eigenvalue weighted by Crippen LogP contribution is -2.36. The third-order valence-corrected chi connectivity index (χ3v) is 4.33. The molecule has 1 saturated carbocycles. The predicted octanol–water partition coefficient (Wildman–Crippen LogP) is 3.19. The van der Waals surface area contributed by atoms with Crippen LogP contribution in [-0.4, -0.2) is 23.5 Å². The second kappa shape index (κ2) is 6.63. The molecule has 0 N–H and O–H groups in total. The van der Waals surface area contributed by atoms with Crippen LogP contribution in [0.2, 0.25) is 0 Å². The molecule has 1 heterocycles. The van der Waals surface area contributed by atoms with E-state index in [0.717, 1.165) is 18.4 Å². The van der Waals surface area contributed by atoms with Crippen molar-refractivity contribution in [3.63, 3.8) is 0 Å². The van der Waals surface area contributed by atoms with Crippen molar-refractivity contribution in [2.45, 2.75) is 25.4 Å². The Morgan fingerprint density at radius 2 is 2.18 bits per heavy atom. The number of carbonyl (C=O) groups excluding carboxylic acids is 1. The van der Waals surface area contributed by atoms with E-state index in [9.17, 15) is 4.79 Å². The number of hydrogen-bond donors (Lipinski definition) is 0. The van der Waals surface area contributed by atoms with Crippen molar-refractivity contribution < 1.29 is 9.53 Å². The number of hydrogen-bond acceptors (Lipinski definition) is 4. The summed E-state index contributed by atoms with van der Waals surface area (Å²) >= 11 is 1.64.